The third-order valence-corrected chi connectivity index (χ3v) is 4.60. The summed E-state index contributed by atoms with van der Waals surface area (Å²) in [5.41, 5.74) is 0.811. The summed E-state index contributed by atoms with van der Waals surface area (Å²) in [6.45, 7) is 1.70. The third-order valence-electron chi connectivity index (χ3n) is 4.35. The number of hydrogen-bond acceptors (Lipinski definition) is 4. The molecule has 0 spiro atoms. The molecular weight excluding hydrogens is 378 g/mol. The predicted molar refractivity (Wildman–Crippen MR) is 108 cm³/mol. The van der Waals surface area contributed by atoms with Gasteiger partial charge in [0, 0.05) is 30.0 Å². The number of halogens is 1. The number of imidazole rings is 1. The molecule has 2 atom stereocenters. The number of aromatic nitrogens is 2. The molecule has 0 aliphatic rings. The molecule has 0 saturated heterocycles. The van der Waals surface area contributed by atoms with Crippen LogP contribution in [0.25, 0.3) is 0 Å². The Morgan fingerprint density at radius 1 is 1.18 bits per heavy atom. The zero-order chi connectivity index (χ0) is 20.1. The van der Waals surface area contributed by atoms with Crippen molar-refractivity contribution in [3.8, 4) is 11.5 Å². The first-order valence-electron chi connectivity index (χ1n) is 8.82. The van der Waals surface area contributed by atoms with Crippen LogP contribution in [0.2, 0.25) is 5.02 Å². The summed E-state index contributed by atoms with van der Waals surface area (Å²) >= 11 is 5.89. The van der Waals surface area contributed by atoms with Crippen LogP contribution in [0.5, 0.6) is 11.5 Å². The molecule has 7 heteroatoms. The van der Waals surface area contributed by atoms with E-state index in [9.17, 15) is 4.79 Å². The minimum absolute atomic E-state index is 0.270. The SMILES string of the molecule is COc1ccccc1[C@H](NC(=O)[C@@H](C)Oc1ccc(Cl)cc1)c1nccn1C. The number of benzene rings is 2. The molecule has 1 N–H and O–H groups in total. The van der Waals surface area contributed by atoms with Crippen molar-refractivity contribution in [3.05, 3.63) is 77.3 Å². The van der Waals surface area contributed by atoms with Crippen molar-refractivity contribution in [2.75, 3.05) is 7.11 Å². The topological polar surface area (TPSA) is 65.4 Å². The van der Waals surface area contributed by atoms with Crippen LogP contribution >= 0.6 is 11.6 Å². The molecule has 0 bridgehead atoms. The van der Waals surface area contributed by atoms with Gasteiger partial charge in [0.05, 0.1) is 7.11 Å². The maximum Gasteiger partial charge on any atom is 0.261 e. The Balaban J connectivity index is 1.84. The monoisotopic (exact) mass is 399 g/mol. The number of amides is 1. The van der Waals surface area contributed by atoms with Crippen molar-refractivity contribution in [3.63, 3.8) is 0 Å². The molecule has 0 aliphatic carbocycles. The van der Waals surface area contributed by atoms with Gasteiger partial charge in [0.15, 0.2) is 6.10 Å². The van der Waals surface area contributed by atoms with E-state index in [-0.39, 0.29) is 5.91 Å². The molecule has 146 valence electrons. The highest BCUT2D eigenvalue weighted by molar-refractivity contribution is 6.30. The fourth-order valence-corrected chi connectivity index (χ4v) is 3.00. The Bertz CT molecular complexity index is 940. The summed E-state index contributed by atoms with van der Waals surface area (Å²) in [6.07, 6.45) is 2.81. The van der Waals surface area contributed by atoms with Gasteiger partial charge in [-0.05, 0) is 37.3 Å². The lowest BCUT2D eigenvalue weighted by molar-refractivity contribution is -0.127. The first-order chi connectivity index (χ1) is 13.5. The first-order valence-corrected chi connectivity index (χ1v) is 9.20. The normalized spacial score (nSPS) is 12.9. The van der Waals surface area contributed by atoms with Crippen LogP contribution in [0.15, 0.2) is 60.9 Å². The summed E-state index contributed by atoms with van der Waals surface area (Å²) in [7, 11) is 3.48. The van der Waals surface area contributed by atoms with E-state index in [0.717, 1.165) is 5.56 Å². The Kier molecular flexibility index (Phi) is 6.21. The van der Waals surface area contributed by atoms with Gasteiger partial charge >= 0.3 is 0 Å². The number of nitrogens with one attached hydrogen (secondary N) is 1. The highest BCUT2D eigenvalue weighted by atomic mass is 35.5. The van der Waals surface area contributed by atoms with E-state index in [2.05, 4.69) is 10.3 Å². The van der Waals surface area contributed by atoms with E-state index >= 15 is 0 Å². The standard InChI is InChI=1S/C21H22ClN3O3/c1-14(28-16-10-8-15(22)9-11-16)21(26)24-19(20-23-12-13-25(20)2)17-6-4-5-7-18(17)27-3/h4-14,19H,1-3H3,(H,24,26)/t14-,19+/m1/s1. The van der Waals surface area contributed by atoms with E-state index in [1.165, 1.54) is 0 Å². The second kappa shape index (κ2) is 8.80. The van der Waals surface area contributed by atoms with Gasteiger partial charge in [-0.1, -0.05) is 29.8 Å². The number of carbonyl (C=O) groups excluding carboxylic acids is 1. The van der Waals surface area contributed by atoms with Crippen LogP contribution in [-0.4, -0.2) is 28.7 Å². The average molecular weight is 400 g/mol. The lowest BCUT2D eigenvalue weighted by Gasteiger charge is -2.23. The molecule has 1 aromatic heterocycles. The van der Waals surface area contributed by atoms with Crippen LogP contribution in [0, 0.1) is 0 Å². The fourth-order valence-electron chi connectivity index (χ4n) is 2.87. The van der Waals surface area contributed by atoms with E-state index in [1.807, 2.05) is 42.1 Å². The van der Waals surface area contributed by atoms with Gasteiger partial charge in [-0.2, -0.15) is 0 Å². The molecule has 0 radical (unpaired) electrons. The van der Waals surface area contributed by atoms with Crippen LogP contribution in [0.4, 0.5) is 0 Å². The summed E-state index contributed by atoms with van der Waals surface area (Å²) in [6, 6.07) is 13.9. The van der Waals surface area contributed by atoms with Crippen LogP contribution in [-0.2, 0) is 11.8 Å². The summed E-state index contributed by atoms with van der Waals surface area (Å²) < 4.78 is 13.1. The molecule has 0 saturated carbocycles. The van der Waals surface area contributed by atoms with Gasteiger partial charge in [-0.25, -0.2) is 4.98 Å². The van der Waals surface area contributed by atoms with E-state index < -0.39 is 12.1 Å². The third kappa shape index (κ3) is 4.46. The first kappa shape index (κ1) is 19.8. The van der Waals surface area contributed by atoms with Gasteiger partial charge < -0.3 is 19.4 Å². The Morgan fingerprint density at radius 2 is 1.89 bits per heavy atom. The number of para-hydroxylation sites is 1. The zero-order valence-electron chi connectivity index (χ0n) is 15.9. The van der Waals surface area contributed by atoms with Crippen LogP contribution in [0.3, 0.4) is 0 Å². The van der Waals surface area contributed by atoms with E-state index in [4.69, 9.17) is 21.1 Å². The second-order valence-electron chi connectivity index (χ2n) is 6.29. The molecule has 0 unspecified atom stereocenters. The number of nitrogens with zero attached hydrogens (tertiary/aromatic N) is 2. The molecule has 0 fully saturated rings. The number of carbonyl (C=O) groups is 1. The largest absolute Gasteiger partial charge is 0.496 e. The van der Waals surface area contributed by atoms with Crippen molar-refractivity contribution in [1.82, 2.24) is 14.9 Å². The number of ether oxygens (including phenoxy) is 2. The lowest BCUT2D eigenvalue weighted by atomic mass is 10.0. The van der Waals surface area contributed by atoms with Gasteiger partial charge in [0.1, 0.15) is 23.4 Å². The summed E-state index contributed by atoms with van der Waals surface area (Å²) in [4.78, 5) is 17.3. The Hall–Kier alpha value is -2.99. The highest BCUT2D eigenvalue weighted by Gasteiger charge is 2.26. The molecular formula is C21H22ClN3O3. The van der Waals surface area contributed by atoms with E-state index in [1.54, 1.807) is 44.5 Å². The minimum Gasteiger partial charge on any atom is -0.496 e. The fraction of sp³-hybridized carbons (Fsp3) is 0.238. The van der Waals surface area contributed by atoms with Gasteiger partial charge in [0.25, 0.3) is 5.91 Å². The van der Waals surface area contributed by atoms with Gasteiger partial charge in [0.2, 0.25) is 0 Å². The molecule has 2 aromatic carbocycles. The molecule has 3 rings (SSSR count). The maximum atomic E-state index is 12.9. The van der Waals surface area contributed by atoms with Gasteiger partial charge in [-0.3, -0.25) is 4.79 Å². The van der Waals surface area contributed by atoms with Crippen LogP contribution in [0.1, 0.15) is 24.4 Å². The average Bonchev–Trinajstić information content (AvgIpc) is 3.13. The molecule has 0 aliphatic heterocycles. The zero-order valence-corrected chi connectivity index (χ0v) is 16.7. The Labute approximate surface area is 169 Å². The van der Waals surface area contributed by atoms with Crippen molar-refractivity contribution < 1.29 is 14.3 Å². The molecule has 28 heavy (non-hydrogen) atoms. The van der Waals surface area contributed by atoms with Crippen molar-refractivity contribution in [2.45, 2.75) is 19.1 Å². The highest BCUT2D eigenvalue weighted by Crippen LogP contribution is 2.29. The second-order valence-corrected chi connectivity index (χ2v) is 6.73. The van der Waals surface area contributed by atoms with Crippen molar-refractivity contribution in [2.24, 2.45) is 7.05 Å². The number of aryl methyl sites for hydroxylation is 1. The van der Waals surface area contributed by atoms with E-state index in [0.29, 0.717) is 22.3 Å². The maximum absolute atomic E-state index is 12.9. The lowest BCUT2D eigenvalue weighted by Crippen LogP contribution is -2.40. The number of methoxy groups -OCH3 is 1. The number of rotatable bonds is 7. The predicted octanol–water partition coefficient (Wildman–Crippen LogP) is 3.76. The summed E-state index contributed by atoms with van der Waals surface area (Å²) in [5, 5.41) is 3.64. The molecule has 3 aromatic rings. The Morgan fingerprint density at radius 3 is 2.54 bits per heavy atom. The molecule has 1 heterocycles. The number of hydrogen-bond donors (Lipinski definition) is 1. The quantitative estimate of drug-likeness (QED) is 0.657. The van der Waals surface area contributed by atoms with Crippen LogP contribution < -0.4 is 14.8 Å². The summed E-state index contributed by atoms with van der Waals surface area (Å²) in [5.74, 6) is 1.66. The van der Waals surface area contributed by atoms with Crippen molar-refractivity contribution in [1.29, 1.82) is 0 Å². The smallest absolute Gasteiger partial charge is 0.261 e. The molecule has 1 amide bonds. The molecule has 6 nitrogen and oxygen atoms in total. The minimum atomic E-state index is -0.710. The van der Waals surface area contributed by atoms with Crippen molar-refractivity contribution >= 4 is 17.5 Å². The van der Waals surface area contributed by atoms with Gasteiger partial charge in [-0.15, -0.1) is 0 Å².